The van der Waals surface area contributed by atoms with E-state index in [0.29, 0.717) is 22.9 Å². The molecule has 4 rings (SSSR count). The highest BCUT2D eigenvalue weighted by molar-refractivity contribution is 5.96. The predicted molar refractivity (Wildman–Crippen MR) is 119 cm³/mol. The average molecular weight is 420 g/mol. The van der Waals surface area contributed by atoms with Crippen LogP contribution in [0.2, 0.25) is 0 Å². The normalized spacial score (nSPS) is 12.5. The highest BCUT2D eigenvalue weighted by Gasteiger charge is 2.32. The first-order valence-corrected chi connectivity index (χ1v) is 9.85. The molecule has 1 amide bonds. The SMILES string of the molecule is CN(C)c1ccc(NC(=O)C(C)(C)n2nc(-c3ccc4c(c3)OCO4)ccc2=O)cc1. The van der Waals surface area contributed by atoms with Crippen molar-refractivity contribution in [3.63, 3.8) is 0 Å². The van der Waals surface area contributed by atoms with E-state index in [1.807, 2.05) is 49.3 Å². The summed E-state index contributed by atoms with van der Waals surface area (Å²) in [6.07, 6.45) is 0. The lowest BCUT2D eigenvalue weighted by atomic mass is 10.0. The van der Waals surface area contributed by atoms with Crippen LogP contribution in [0.1, 0.15) is 13.8 Å². The molecule has 1 aromatic heterocycles. The lowest BCUT2D eigenvalue weighted by Gasteiger charge is -2.25. The molecule has 0 atom stereocenters. The molecule has 8 nitrogen and oxygen atoms in total. The first kappa shape index (κ1) is 20.5. The van der Waals surface area contributed by atoms with Gasteiger partial charge in [-0.3, -0.25) is 9.59 Å². The van der Waals surface area contributed by atoms with Gasteiger partial charge in [0.25, 0.3) is 11.5 Å². The summed E-state index contributed by atoms with van der Waals surface area (Å²) in [7, 11) is 3.89. The van der Waals surface area contributed by atoms with Crippen molar-refractivity contribution in [3.05, 3.63) is 65.0 Å². The maximum atomic E-state index is 13.0. The third kappa shape index (κ3) is 3.96. The lowest BCUT2D eigenvalue weighted by molar-refractivity contribution is -0.123. The van der Waals surface area contributed by atoms with E-state index in [9.17, 15) is 9.59 Å². The molecule has 0 saturated heterocycles. The molecule has 0 spiro atoms. The Bertz CT molecular complexity index is 1180. The van der Waals surface area contributed by atoms with Crippen molar-refractivity contribution in [2.24, 2.45) is 0 Å². The zero-order valence-electron chi connectivity index (χ0n) is 17.9. The zero-order chi connectivity index (χ0) is 22.2. The summed E-state index contributed by atoms with van der Waals surface area (Å²) in [5, 5.41) is 7.35. The molecule has 0 unspecified atom stereocenters. The molecule has 1 aliphatic heterocycles. The number of carbonyl (C=O) groups is 1. The summed E-state index contributed by atoms with van der Waals surface area (Å²) < 4.78 is 12.0. The number of nitrogens with zero attached hydrogens (tertiary/aromatic N) is 3. The monoisotopic (exact) mass is 420 g/mol. The van der Waals surface area contributed by atoms with Gasteiger partial charge in [-0.25, -0.2) is 4.68 Å². The van der Waals surface area contributed by atoms with E-state index in [2.05, 4.69) is 10.4 Å². The number of ether oxygens (including phenoxy) is 2. The molecule has 3 aromatic rings. The fraction of sp³-hybridized carbons (Fsp3) is 0.261. The fourth-order valence-corrected chi connectivity index (χ4v) is 3.24. The van der Waals surface area contributed by atoms with Gasteiger partial charge in [-0.1, -0.05) is 0 Å². The molecule has 2 aromatic carbocycles. The number of anilines is 2. The molecule has 2 heterocycles. The highest BCUT2D eigenvalue weighted by Crippen LogP contribution is 2.35. The number of amides is 1. The van der Waals surface area contributed by atoms with Gasteiger partial charge in [0.15, 0.2) is 11.5 Å². The van der Waals surface area contributed by atoms with Crippen LogP contribution in [0.15, 0.2) is 59.4 Å². The van der Waals surface area contributed by atoms with Crippen LogP contribution in [0.25, 0.3) is 11.3 Å². The Morgan fingerprint density at radius 1 is 1.03 bits per heavy atom. The van der Waals surface area contributed by atoms with Crippen molar-refractivity contribution in [2.75, 3.05) is 31.1 Å². The second kappa shape index (κ2) is 7.79. The van der Waals surface area contributed by atoms with Crippen LogP contribution in [-0.2, 0) is 10.3 Å². The second-order valence-corrected chi connectivity index (χ2v) is 7.99. The molecule has 0 saturated carbocycles. The van der Waals surface area contributed by atoms with Crippen LogP contribution >= 0.6 is 0 Å². The van der Waals surface area contributed by atoms with E-state index in [4.69, 9.17) is 9.47 Å². The predicted octanol–water partition coefficient (Wildman–Crippen LogP) is 3.08. The van der Waals surface area contributed by atoms with E-state index in [1.54, 1.807) is 32.0 Å². The van der Waals surface area contributed by atoms with Crippen LogP contribution in [0.5, 0.6) is 11.5 Å². The summed E-state index contributed by atoms with van der Waals surface area (Å²) in [5.41, 5.74) is 1.38. The number of rotatable bonds is 5. The van der Waals surface area contributed by atoms with Gasteiger partial charge in [-0.05, 0) is 62.4 Å². The Morgan fingerprint density at radius 2 is 1.74 bits per heavy atom. The van der Waals surface area contributed by atoms with Crippen LogP contribution in [-0.4, -0.2) is 36.6 Å². The zero-order valence-corrected chi connectivity index (χ0v) is 17.9. The molecule has 160 valence electrons. The summed E-state index contributed by atoms with van der Waals surface area (Å²) in [4.78, 5) is 27.6. The van der Waals surface area contributed by atoms with Gasteiger partial charge in [0.1, 0.15) is 5.54 Å². The minimum absolute atomic E-state index is 0.175. The third-order valence-corrected chi connectivity index (χ3v) is 5.20. The lowest BCUT2D eigenvalue weighted by Crippen LogP contribution is -2.47. The fourth-order valence-electron chi connectivity index (χ4n) is 3.24. The Hall–Kier alpha value is -3.81. The molecule has 0 radical (unpaired) electrons. The Labute approximate surface area is 180 Å². The van der Waals surface area contributed by atoms with Crippen molar-refractivity contribution < 1.29 is 14.3 Å². The first-order chi connectivity index (χ1) is 14.8. The van der Waals surface area contributed by atoms with Crippen molar-refractivity contribution >= 4 is 17.3 Å². The second-order valence-electron chi connectivity index (χ2n) is 7.99. The number of fused-ring (bicyclic) bond motifs is 1. The molecule has 1 N–H and O–H groups in total. The molecule has 0 fully saturated rings. The molecular formula is C23H24N4O4. The summed E-state index contributed by atoms with van der Waals surface area (Å²) in [5.74, 6) is 0.940. The van der Waals surface area contributed by atoms with Crippen molar-refractivity contribution in [1.82, 2.24) is 9.78 Å². The molecular weight excluding hydrogens is 396 g/mol. The Kier molecular flexibility index (Phi) is 5.14. The van der Waals surface area contributed by atoms with Gasteiger partial charge in [0.05, 0.1) is 5.69 Å². The van der Waals surface area contributed by atoms with Crippen LogP contribution in [0.4, 0.5) is 11.4 Å². The van der Waals surface area contributed by atoms with E-state index in [-0.39, 0.29) is 18.3 Å². The largest absolute Gasteiger partial charge is 0.454 e. The van der Waals surface area contributed by atoms with Gasteiger partial charge in [-0.2, -0.15) is 5.10 Å². The van der Waals surface area contributed by atoms with Gasteiger partial charge < -0.3 is 19.7 Å². The first-order valence-electron chi connectivity index (χ1n) is 9.85. The van der Waals surface area contributed by atoms with Gasteiger partial charge in [-0.15, -0.1) is 0 Å². The summed E-state index contributed by atoms with van der Waals surface area (Å²) in [6, 6.07) is 15.9. The van der Waals surface area contributed by atoms with E-state index in [0.717, 1.165) is 11.3 Å². The van der Waals surface area contributed by atoms with Gasteiger partial charge >= 0.3 is 0 Å². The Balaban J connectivity index is 1.62. The third-order valence-electron chi connectivity index (χ3n) is 5.20. The number of hydrogen-bond acceptors (Lipinski definition) is 6. The van der Waals surface area contributed by atoms with Crippen molar-refractivity contribution in [3.8, 4) is 22.8 Å². The minimum Gasteiger partial charge on any atom is -0.454 e. The smallest absolute Gasteiger partial charge is 0.267 e. The van der Waals surface area contributed by atoms with E-state index in [1.165, 1.54) is 10.7 Å². The highest BCUT2D eigenvalue weighted by atomic mass is 16.7. The van der Waals surface area contributed by atoms with Crippen LogP contribution < -0.4 is 25.2 Å². The molecule has 0 aliphatic carbocycles. The number of hydrogen-bond donors (Lipinski definition) is 1. The number of benzene rings is 2. The molecule has 31 heavy (non-hydrogen) atoms. The minimum atomic E-state index is -1.22. The maximum Gasteiger partial charge on any atom is 0.267 e. The number of nitrogens with one attached hydrogen (secondary N) is 1. The maximum absolute atomic E-state index is 13.0. The van der Waals surface area contributed by atoms with Gasteiger partial charge in [0.2, 0.25) is 6.79 Å². The van der Waals surface area contributed by atoms with E-state index >= 15 is 0 Å². The van der Waals surface area contributed by atoms with Crippen molar-refractivity contribution in [1.29, 1.82) is 0 Å². The molecule has 0 bridgehead atoms. The number of carbonyl (C=O) groups excluding carboxylic acids is 1. The van der Waals surface area contributed by atoms with E-state index < -0.39 is 5.54 Å². The van der Waals surface area contributed by atoms with Gasteiger partial charge in [0, 0.05) is 37.1 Å². The summed E-state index contributed by atoms with van der Waals surface area (Å²) in [6.45, 7) is 3.50. The summed E-state index contributed by atoms with van der Waals surface area (Å²) >= 11 is 0. The quantitative estimate of drug-likeness (QED) is 0.683. The molecule has 1 aliphatic rings. The number of aromatic nitrogens is 2. The van der Waals surface area contributed by atoms with Crippen LogP contribution in [0.3, 0.4) is 0 Å². The average Bonchev–Trinajstić information content (AvgIpc) is 3.22. The molecule has 8 heteroatoms. The van der Waals surface area contributed by atoms with Crippen molar-refractivity contribution in [2.45, 2.75) is 19.4 Å². The topological polar surface area (TPSA) is 85.7 Å². The Morgan fingerprint density at radius 3 is 2.45 bits per heavy atom. The van der Waals surface area contributed by atoms with Crippen LogP contribution in [0, 0.1) is 0 Å². The standard InChI is InChI=1S/C23H24N4O4/c1-23(2,22(29)24-16-6-8-17(9-7-16)26(3)4)27-21(28)12-10-18(25-27)15-5-11-19-20(13-15)31-14-30-19/h5-13H,14H2,1-4H3,(H,24,29).